The molecule has 162 valence electrons. The Morgan fingerprint density at radius 2 is 1.94 bits per heavy atom. The van der Waals surface area contributed by atoms with Crippen molar-refractivity contribution in [1.29, 1.82) is 5.26 Å². The van der Waals surface area contributed by atoms with Gasteiger partial charge in [-0.25, -0.2) is 13.2 Å². The van der Waals surface area contributed by atoms with Crippen LogP contribution in [0.15, 0.2) is 35.2 Å². The summed E-state index contributed by atoms with van der Waals surface area (Å²) in [5, 5.41) is 28.2. The van der Waals surface area contributed by atoms with Gasteiger partial charge in [0.2, 0.25) is 0 Å². The number of anilines is 1. The molecule has 10 heteroatoms. The van der Waals surface area contributed by atoms with E-state index < -0.39 is 22.1 Å². The maximum absolute atomic E-state index is 13.3. The fourth-order valence-electron chi connectivity index (χ4n) is 3.46. The first-order chi connectivity index (χ1) is 14.7. The van der Waals surface area contributed by atoms with Crippen LogP contribution in [-0.4, -0.2) is 36.8 Å². The molecule has 2 aromatic carbocycles. The molecule has 0 saturated heterocycles. The van der Waals surface area contributed by atoms with Gasteiger partial charge in [-0.05, 0) is 42.5 Å². The summed E-state index contributed by atoms with van der Waals surface area (Å²) in [4.78, 5) is 11.3. The van der Waals surface area contributed by atoms with Crippen molar-refractivity contribution in [3.8, 4) is 11.8 Å². The highest BCUT2D eigenvalue weighted by atomic mass is 35.5. The van der Waals surface area contributed by atoms with Crippen LogP contribution in [0, 0.1) is 11.3 Å². The number of sulfonamides is 1. The predicted octanol–water partition coefficient (Wildman–Crippen LogP) is 3.49. The molecule has 0 radical (unpaired) electrons. The number of ether oxygens (including phenoxy) is 1. The Kier molecular flexibility index (Phi) is 5.56. The fraction of sp³-hybridized carbons (Fsp3) is 0.333. The van der Waals surface area contributed by atoms with Gasteiger partial charge in [0.05, 0.1) is 32.8 Å². The molecule has 0 aromatic heterocycles. The van der Waals surface area contributed by atoms with E-state index >= 15 is 0 Å². The van der Waals surface area contributed by atoms with Crippen LogP contribution < -0.4 is 9.46 Å². The van der Waals surface area contributed by atoms with Gasteiger partial charge >= 0.3 is 5.97 Å². The monoisotopic (exact) mass is 462 g/mol. The topological polar surface area (TPSA) is 137 Å². The minimum Gasteiger partial charge on any atom is -0.488 e. The molecule has 0 amide bonds. The maximum atomic E-state index is 13.3. The number of benzene rings is 2. The van der Waals surface area contributed by atoms with Gasteiger partial charge in [-0.15, -0.1) is 0 Å². The van der Waals surface area contributed by atoms with Crippen LogP contribution in [-0.2, 0) is 10.0 Å². The number of carboxylic acids is 1. The second kappa shape index (κ2) is 8.04. The van der Waals surface area contributed by atoms with Crippen molar-refractivity contribution < 1.29 is 28.2 Å². The van der Waals surface area contributed by atoms with E-state index in [9.17, 15) is 28.7 Å². The molecule has 2 fully saturated rings. The van der Waals surface area contributed by atoms with Crippen molar-refractivity contribution in [2.45, 2.75) is 48.7 Å². The van der Waals surface area contributed by atoms with E-state index in [4.69, 9.17) is 16.3 Å². The Bertz CT molecular complexity index is 1200. The van der Waals surface area contributed by atoms with Crippen LogP contribution in [0.3, 0.4) is 0 Å². The third-order valence-electron chi connectivity index (χ3n) is 5.36. The number of aromatic carboxylic acids is 1. The summed E-state index contributed by atoms with van der Waals surface area (Å²) < 4.78 is 34.8. The van der Waals surface area contributed by atoms with E-state index in [1.54, 1.807) is 0 Å². The Morgan fingerprint density at radius 1 is 1.23 bits per heavy atom. The van der Waals surface area contributed by atoms with Crippen molar-refractivity contribution >= 4 is 33.3 Å². The van der Waals surface area contributed by atoms with Gasteiger partial charge in [0.1, 0.15) is 17.9 Å². The largest absolute Gasteiger partial charge is 0.488 e. The highest BCUT2D eigenvalue weighted by Gasteiger charge is 2.33. The van der Waals surface area contributed by atoms with E-state index in [-0.39, 0.29) is 44.5 Å². The summed E-state index contributed by atoms with van der Waals surface area (Å²) in [6, 6.07) is 8.60. The van der Waals surface area contributed by atoms with Crippen molar-refractivity contribution in [2.75, 3.05) is 4.72 Å². The molecule has 8 nitrogen and oxygen atoms in total. The molecular formula is C21H19ClN2O6S. The highest BCUT2D eigenvalue weighted by molar-refractivity contribution is 7.92. The lowest BCUT2D eigenvalue weighted by Crippen LogP contribution is -2.37. The van der Waals surface area contributed by atoms with E-state index in [1.165, 1.54) is 24.3 Å². The number of carboxylic acid groups (broad SMARTS) is 1. The molecule has 4 rings (SSSR count). The highest BCUT2D eigenvalue weighted by Crippen LogP contribution is 2.44. The number of hydrogen-bond acceptors (Lipinski definition) is 6. The molecule has 0 aliphatic heterocycles. The lowest BCUT2D eigenvalue weighted by Gasteiger charge is -2.32. The van der Waals surface area contributed by atoms with Gasteiger partial charge in [0.15, 0.2) is 0 Å². The van der Waals surface area contributed by atoms with Crippen LogP contribution in [0.1, 0.15) is 53.1 Å². The Morgan fingerprint density at radius 3 is 2.52 bits per heavy atom. The molecule has 3 N–H and O–H groups in total. The Labute approximate surface area is 184 Å². The second-order valence-electron chi connectivity index (χ2n) is 7.74. The molecule has 31 heavy (non-hydrogen) atoms. The third-order valence-corrected chi connectivity index (χ3v) is 7.10. The van der Waals surface area contributed by atoms with Crippen LogP contribution in [0.5, 0.6) is 5.75 Å². The zero-order valence-corrected chi connectivity index (χ0v) is 17.8. The summed E-state index contributed by atoms with van der Waals surface area (Å²) >= 11 is 6.10. The SMILES string of the molecule is N#Cc1cc(NS(=O)(=O)c2cc(C(=O)O)ccc2C2CC2)c(O[C@H]2C[C@H](O)C2)cc1Cl. The lowest BCUT2D eigenvalue weighted by molar-refractivity contribution is -0.0104. The van der Waals surface area contributed by atoms with Gasteiger partial charge in [-0.1, -0.05) is 17.7 Å². The second-order valence-corrected chi connectivity index (χ2v) is 9.80. The number of aliphatic hydroxyl groups excluding tert-OH is 1. The normalized spacial score (nSPS) is 20.4. The first-order valence-corrected chi connectivity index (χ1v) is 11.5. The summed E-state index contributed by atoms with van der Waals surface area (Å²) in [6.07, 6.45) is 1.67. The van der Waals surface area contributed by atoms with Gasteiger partial charge in [-0.3, -0.25) is 4.72 Å². The average molecular weight is 463 g/mol. The van der Waals surface area contributed by atoms with E-state index in [2.05, 4.69) is 4.72 Å². The zero-order chi connectivity index (χ0) is 22.3. The molecular weight excluding hydrogens is 444 g/mol. The molecule has 0 spiro atoms. The molecule has 0 unspecified atom stereocenters. The van der Waals surface area contributed by atoms with Gasteiger partial charge in [-0.2, -0.15) is 5.26 Å². The van der Waals surface area contributed by atoms with Crippen molar-refractivity contribution in [3.63, 3.8) is 0 Å². The van der Waals surface area contributed by atoms with E-state index in [1.807, 2.05) is 6.07 Å². The number of rotatable bonds is 7. The number of carbonyl (C=O) groups is 1. The van der Waals surface area contributed by atoms with Gasteiger partial charge in [0.25, 0.3) is 10.0 Å². The smallest absolute Gasteiger partial charge is 0.335 e. The van der Waals surface area contributed by atoms with Gasteiger partial charge in [0, 0.05) is 18.9 Å². The third kappa shape index (κ3) is 4.46. The molecule has 0 atom stereocenters. The standard InChI is InChI=1S/C21H19ClN2O6S/c22-17-9-19(30-15-7-14(25)8-15)18(5-13(17)10-23)24-31(28,29)20-6-12(21(26)27)3-4-16(20)11-1-2-11/h3-6,9,11,14-15,24-25H,1-2,7-8H2,(H,26,27)/t14-,15-. The van der Waals surface area contributed by atoms with Crippen LogP contribution in [0.4, 0.5) is 5.69 Å². The Hall–Kier alpha value is -2.80. The first kappa shape index (κ1) is 21.4. The molecule has 2 aliphatic rings. The number of nitrogens with one attached hydrogen (secondary N) is 1. The summed E-state index contributed by atoms with van der Waals surface area (Å²) in [7, 11) is -4.20. The number of hydrogen-bond donors (Lipinski definition) is 3. The number of aliphatic hydroxyl groups is 1. The maximum Gasteiger partial charge on any atom is 0.335 e. The number of nitriles is 1. The van der Waals surface area contributed by atoms with Crippen molar-refractivity contribution in [3.05, 3.63) is 52.0 Å². The van der Waals surface area contributed by atoms with E-state index in [0.29, 0.717) is 18.4 Å². The minimum atomic E-state index is -4.20. The van der Waals surface area contributed by atoms with Crippen molar-refractivity contribution in [1.82, 2.24) is 0 Å². The first-order valence-electron chi connectivity index (χ1n) is 9.66. The molecule has 2 aromatic rings. The predicted molar refractivity (Wildman–Crippen MR) is 112 cm³/mol. The summed E-state index contributed by atoms with van der Waals surface area (Å²) in [6.45, 7) is 0. The fourth-order valence-corrected chi connectivity index (χ4v) is 5.05. The Balaban J connectivity index is 1.73. The molecule has 0 bridgehead atoms. The van der Waals surface area contributed by atoms with E-state index in [0.717, 1.165) is 18.9 Å². The summed E-state index contributed by atoms with van der Waals surface area (Å²) in [5.74, 6) is -1.04. The summed E-state index contributed by atoms with van der Waals surface area (Å²) in [5.41, 5.74) is 0.488. The molecule has 0 heterocycles. The molecule has 2 aliphatic carbocycles. The zero-order valence-electron chi connectivity index (χ0n) is 16.2. The van der Waals surface area contributed by atoms with Crippen LogP contribution >= 0.6 is 11.6 Å². The lowest BCUT2D eigenvalue weighted by atomic mass is 9.92. The average Bonchev–Trinajstić information content (AvgIpc) is 3.53. The molecule has 2 saturated carbocycles. The van der Waals surface area contributed by atoms with Gasteiger partial charge < -0.3 is 14.9 Å². The van der Waals surface area contributed by atoms with Crippen LogP contribution in [0.2, 0.25) is 5.02 Å². The minimum absolute atomic E-state index is 0.0183. The van der Waals surface area contributed by atoms with Crippen LogP contribution in [0.25, 0.3) is 0 Å². The number of halogens is 1. The number of nitrogens with zero attached hydrogens (tertiary/aromatic N) is 1. The van der Waals surface area contributed by atoms with Crippen molar-refractivity contribution in [2.24, 2.45) is 0 Å². The quantitative estimate of drug-likeness (QED) is 0.572.